The third kappa shape index (κ3) is 4.40. The molecule has 0 aliphatic heterocycles. The number of hydrogen-bond acceptors (Lipinski definition) is 4. The Morgan fingerprint density at radius 3 is 2.00 bits per heavy atom. The third-order valence-corrected chi connectivity index (χ3v) is 4.45. The van der Waals surface area contributed by atoms with Gasteiger partial charge in [-0.25, -0.2) is 17.9 Å². The molecule has 7 heteroatoms. The molecule has 0 heterocycles. The van der Waals surface area contributed by atoms with Crippen LogP contribution in [0.1, 0.15) is 22.8 Å². The summed E-state index contributed by atoms with van der Waals surface area (Å²) in [4.78, 5) is 23.0. The second kappa shape index (κ2) is 6.62. The molecule has 0 aliphatic rings. The van der Waals surface area contributed by atoms with Crippen LogP contribution < -0.4 is 10.0 Å². The molecule has 2 amide bonds. The molecule has 0 aromatic heterocycles. The van der Waals surface area contributed by atoms with E-state index in [2.05, 4.69) is 5.32 Å². The topological polar surface area (TPSA) is 92.3 Å². The molecular weight excluding hydrogens is 316 g/mol. The van der Waals surface area contributed by atoms with Crippen molar-refractivity contribution in [3.63, 3.8) is 0 Å². The SMILES string of the molecule is CC(=O)c1ccc(NC(=O)NS(=O)(=O)c2ccc(C)cc2)cc1. The van der Waals surface area contributed by atoms with Gasteiger partial charge in [0, 0.05) is 11.3 Å². The molecule has 0 saturated carbocycles. The fraction of sp³-hybridized carbons (Fsp3) is 0.125. The average molecular weight is 332 g/mol. The van der Waals surface area contributed by atoms with E-state index in [1.807, 2.05) is 11.6 Å². The van der Waals surface area contributed by atoms with E-state index in [0.29, 0.717) is 11.3 Å². The molecule has 2 N–H and O–H groups in total. The minimum Gasteiger partial charge on any atom is -0.307 e. The number of benzene rings is 2. The lowest BCUT2D eigenvalue weighted by molar-refractivity contribution is 0.101. The zero-order chi connectivity index (χ0) is 17.0. The predicted molar refractivity (Wildman–Crippen MR) is 87.0 cm³/mol. The largest absolute Gasteiger partial charge is 0.333 e. The second-order valence-electron chi connectivity index (χ2n) is 5.01. The maximum absolute atomic E-state index is 12.1. The van der Waals surface area contributed by atoms with E-state index in [4.69, 9.17) is 0 Å². The Labute approximate surface area is 134 Å². The number of aryl methyl sites for hydroxylation is 1. The quantitative estimate of drug-likeness (QED) is 0.842. The van der Waals surface area contributed by atoms with Crippen molar-refractivity contribution in [2.24, 2.45) is 0 Å². The fourth-order valence-corrected chi connectivity index (χ4v) is 2.75. The Morgan fingerprint density at radius 1 is 0.913 bits per heavy atom. The minimum absolute atomic E-state index is 0.00479. The lowest BCUT2D eigenvalue weighted by atomic mass is 10.1. The molecule has 0 unspecified atom stereocenters. The highest BCUT2D eigenvalue weighted by molar-refractivity contribution is 7.90. The lowest BCUT2D eigenvalue weighted by Gasteiger charge is -2.09. The van der Waals surface area contributed by atoms with Gasteiger partial charge in [-0.3, -0.25) is 4.79 Å². The van der Waals surface area contributed by atoms with Crippen LogP contribution in [0, 0.1) is 6.92 Å². The Hall–Kier alpha value is -2.67. The number of amides is 2. The Bertz CT molecular complexity index is 825. The maximum atomic E-state index is 12.1. The van der Waals surface area contributed by atoms with Crippen LogP contribution in [-0.4, -0.2) is 20.2 Å². The molecule has 0 radical (unpaired) electrons. The molecule has 0 aliphatic carbocycles. The van der Waals surface area contributed by atoms with Gasteiger partial charge < -0.3 is 5.32 Å². The molecule has 2 aromatic rings. The van der Waals surface area contributed by atoms with Gasteiger partial charge in [0.25, 0.3) is 10.0 Å². The number of hydrogen-bond donors (Lipinski definition) is 2. The van der Waals surface area contributed by atoms with Gasteiger partial charge in [-0.2, -0.15) is 0 Å². The van der Waals surface area contributed by atoms with Crippen molar-refractivity contribution in [2.75, 3.05) is 5.32 Å². The number of carbonyl (C=O) groups excluding carboxylic acids is 2. The van der Waals surface area contributed by atoms with Crippen LogP contribution in [0.5, 0.6) is 0 Å². The van der Waals surface area contributed by atoms with Gasteiger partial charge in [0.15, 0.2) is 5.78 Å². The van der Waals surface area contributed by atoms with E-state index in [1.165, 1.54) is 31.2 Å². The van der Waals surface area contributed by atoms with Crippen LogP contribution in [0.15, 0.2) is 53.4 Å². The smallest absolute Gasteiger partial charge is 0.307 e. The third-order valence-electron chi connectivity index (χ3n) is 3.11. The highest BCUT2D eigenvalue weighted by Gasteiger charge is 2.17. The van der Waals surface area contributed by atoms with Crippen molar-refractivity contribution < 1.29 is 18.0 Å². The lowest BCUT2D eigenvalue weighted by Crippen LogP contribution is -2.34. The zero-order valence-electron chi connectivity index (χ0n) is 12.7. The molecule has 0 bridgehead atoms. The van der Waals surface area contributed by atoms with Crippen LogP contribution >= 0.6 is 0 Å². The van der Waals surface area contributed by atoms with Gasteiger partial charge in [0.05, 0.1) is 4.90 Å². The number of anilines is 1. The summed E-state index contributed by atoms with van der Waals surface area (Å²) in [5.74, 6) is -0.0945. The number of rotatable bonds is 4. The Balaban J connectivity index is 2.06. The van der Waals surface area contributed by atoms with Crippen molar-refractivity contribution in [2.45, 2.75) is 18.7 Å². The summed E-state index contributed by atoms with van der Waals surface area (Å²) >= 11 is 0. The number of ketones is 1. The molecule has 2 rings (SSSR count). The fourth-order valence-electron chi connectivity index (χ4n) is 1.84. The first-order valence-corrected chi connectivity index (χ1v) is 8.28. The number of carbonyl (C=O) groups is 2. The summed E-state index contributed by atoms with van der Waals surface area (Å²) in [7, 11) is -3.93. The van der Waals surface area contributed by atoms with Crippen molar-refractivity contribution in [1.82, 2.24) is 4.72 Å². The van der Waals surface area contributed by atoms with E-state index >= 15 is 0 Å². The average Bonchev–Trinajstić information content (AvgIpc) is 2.47. The maximum Gasteiger partial charge on any atom is 0.333 e. The predicted octanol–water partition coefficient (Wildman–Crippen LogP) is 2.71. The van der Waals surface area contributed by atoms with Crippen LogP contribution in [0.3, 0.4) is 0 Å². The van der Waals surface area contributed by atoms with Crippen molar-refractivity contribution in [3.05, 3.63) is 59.7 Å². The summed E-state index contributed by atoms with van der Waals surface area (Å²) in [5, 5.41) is 2.40. The van der Waals surface area contributed by atoms with E-state index in [-0.39, 0.29) is 10.7 Å². The normalized spacial score (nSPS) is 10.9. The van der Waals surface area contributed by atoms with Gasteiger partial charge >= 0.3 is 6.03 Å². The molecule has 23 heavy (non-hydrogen) atoms. The highest BCUT2D eigenvalue weighted by atomic mass is 32.2. The minimum atomic E-state index is -3.93. The standard InChI is InChI=1S/C16H16N2O4S/c1-11-3-9-15(10-4-11)23(21,22)18-16(20)17-14-7-5-13(6-8-14)12(2)19/h3-10H,1-2H3,(H2,17,18,20). The first-order valence-electron chi connectivity index (χ1n) is 6.79. The molecule has 2 aromatic carbocycles. The molecule has 0 fully saturated rings. The molecular formula is C16H16N2O4S. The number of sulfonamides is 1. The monoisotopic (exact) mass is 332 g/mol. The molecule has 0 spiro atoms. The first-order chi connectivity index (χ1) is 10.8. The van der Waals surface area contributed by atoms with E-state index in [0.717, 1.165) is 5.56 Å². The summed E-state index contributed by atoms with van der Waals surface area (Å²) in [6.07, 6.45) is 0. The van der Waals surface area contributed by atoms with Crippen molar-refractivity contribution in [1.29, 1.82) is 0 Å². The van der Waals surface area contributed by atoms with Crippen molar-refractivity contribution >= 4 is 27.5 Å². The summed E-state index contributed by atoms with van der Waals surface area (Å²) in [6.45, 7) is 3.27. The Morgan fingerprint density at radius 2 is 1.48 bits per heavy atom. The van der Waals surface area contributed by atoms with Crippen LogP contribution in [0.2, 0.25) is 0 Å². The van der Waals surface area contributed by atoms with E-state index in [1.54, 1.807) is 24.3 Å². The molecule has 0 saturated heterocycles. The van der Waals surface area contributed by atoms with Crippen LogP contribution in [-0.2, 0) is 10.0 Å². The van der Waals surface area contributed by atoms with Crippen LogP contribution in [0.4, 0.5) is 10.5 Å². The highest BCUT2D eigenvalue weighted by Crippen LogP contribution is 2.12. The first kappa shape index (κ1) is 16.7. The Kier molecular flexibility index (Phi) is 4.80. The molecule has 120 valence electrons. The second-order valence-corrected chi connectivity index (χ2v) is 6.69. The molecule has 0 atom stereocenters. The summed E-state index contributed by atoms with van der Waals surface area (Å²) in [5.41, 5.74) is 1.80. The van der Waals surface area contributed by atoms with Gasteiger partial charge in [-0.15, -0.1) is 0 Å². The number of Topliss-reactive ketones (excluding diaryl/α,β-unsaturated/α-hetero) is 1. The van der Waals surface area contributed by atoms with Gasteiger partial charge in [0.1, 0.15) is 0 Å². The summed E-state index contributed by atoms with van der Waals surface area (Å²) in [6, 6.07) is 11.4. The number of nitrogens with one attached hydrogen (secondary N) is 2. The number of urea groups is 1. The van der Waals surface area contributed by atoms with Crippen molar-refractivity contribution in [3.8, 4) is 0 Å². The van der Waals surface area contributed by atoms with Gasteiger partial charge in [0.2, 0.25) is 0 Å². The van der Waals surface area contributed by atoms with E-state index in [9.17, 15) is 18.0 Å². The van der Waals surface area contributed by atoms with Gasteiger partial charge in [-0.05, 0) is 50.2 Å². The van der Waals surface area contributed by atoms with Gasteiger partial charge in [-0.1, -0.05) is 17.7 Å². The van der Waals surface area contributed by atoms with Crippen LogP contribution in [0.25, 0.3) is 0 Å². The van der Waals surface area contributed by atoms with E-state index < -0.39 is 16.1 Å². The molecule has 6 nitrogen and oxygen atoms in total. The zero-order valence-corrected chi connectivity index (χ0v) is 13.5. The summed E-state index contributed by atoms with van der Waals surface area (Å²) < 4.78 is 26.1.